The van der Waals surface area contributed by atoms with Crippen molar-refractivity contribution in [2.75, 3.05) is 0 Å². The minimum atomic E-state index is 0.912. The molecule has 0 atom stereocenters. The molecule has 1 aliphatic rings. The molecule has 0 aromatic heterocycles. The highest BCUT2D eigenvalue weighted by Gasteiger charge is 1.98. The molecule has 0 heteroatoms. The third-order valence-corrected chi connectivity index (χ3v) is 1.96. The molecule has 60 valence electrons. The van der Waals surface area contributed by atoms with Crippen LogP contribution >= 0.6 is 0 Å². The van der Waals surface area contributed by atoms with Crippen molar-refractivity contribution in [2.24, 2.45) is 0 Å². The van der Waals surface area contributed by atoms with E-state index in [9.17, 15) is 0 Å². The van der Waals surface area contributed by atoms with Crippen molar-refractivity contribution >= 4 is 5.57 Å². The number of benzene rings is 1. The molecule has 0 fully saturated rings. The van der Waals surface area contributed by atoms with Crippen molar-refractivity contribution in [1.29, 1.82) is 0 Å². The highest BCUT2D eigenvalue weighted by Crippen LogP contribution is 2.17. The van der Waals surface area contributed by atoms with E-state index in [4.69, 9.17) is 6.42 Å². The number of hydrogen-bond acceptors (Lipinski definition) is 0. The van der Waals surface area contributed by atoms with Gasteiger partial charge in [0.2, 0.25) is 0 Å². The Hall–Kier alpha value is -1.96. The van der Waals surface area contributed by atoms with Crippen LogP contribution in [0.15, 0.2) is 48.2 Å². The van der Waals surface area contributed by atoms with Crippen LogP contribution in [-0.4, -0.2) is 0 Å². The van der Waals surface area contributed by atoms with Gasteiger partial charge in [-0.1, -0.05) is 24.1 Å². The molecule has 0 heterocycles. The van der Waals surface area contributed by atoms with Crippen molar-refractivity contribution in [3.8, 4) is 12.3 Å². The maximum Gasteiger partial charge on any atom is 0.0243 e. The number of hydrogen-bond donors (Lipinski definition) is 0. The summed E-state index contributed by atoms with van der Waals surface area (Å²) in [7, 11) is 0. The lowest BCUT2D eigenvalue weighted by atomic mass is 10.1. The van der Waals surface area contributed by atoms with Gasteiger partial charge >= 0.3 is 0 Å². The zero-order chi connectivity index (χ0) is 9.10. The highest BCUT2D eigenvalue weighted by atomic mass is 14.0. The summed E-state index contributed by atoms with van der Waals surface area (Å²) < 4.78 is 0. The molecule has 0 bridgehead atoms. The number of terminal acetylenes is 1. The van der Waals surface area contributed by atoms with Crippen molar-refractivity contribution < 1.29 is 0 Å². The summed E-state index contributed by atoms with van der Waals surface area (Å²) in [6.07, 6.45) is 11.2. The molecule has 0 amide bonds. The van der Waals surface area contributed by atoms with Crippen LogP contribution in [0.4, 0.5) is 0 Å². The van der Waals surface area contributed by atoms with Gasteiger partial charge in [0.1, 0.15) is 0 Å². The van der Waals surface area contributed by atoms with E-state index in [1.165, 1.54) is 0 Å². The predicted molar refractivity (Wildman–Crippen MR) is 55.0 cm³/mol. The lowest BCUT2D eigenvalue weighted by Gasteiger charge is -1.97. The van der Waals surface area contributed by atoms with E-state index >= 15 is 0 Å². The molecule has 1 aliphatic carbocycles. The van der Waals surface area contributed by atoms with Gasteiger partial charge in [-0.15, -0.1) is 12.2 Å². The van der Waals surface area contributed by atoms with E-state index < -0.39 is 0 Å². The number of rotatable bonds is 1. The van der Waals surface area contributed by atoms with E-state index in [1.807, 2.05) is 42.5 Å². The van der Waals surface area contributed by atoms with E-state index in [2.05, 4.69) is 11.7 Å². The Morgan fingerprint density at radius 2 is 1.92 bits per heavy atom. The minimum Gasteiger partial charge on any atom is -0.115 e. The molecule has 0 saturated carbocycles. The summed E-state index contributed by atoms with van der Waals surface area (Å²) in [4.78, 5) is 0. The van der Waals surface area contributed by atoms with Crippen molar-refractivity contribution in [1.82, 2.24) is 0 Å². The first-order valence-electron chi connectivity index (χ1n) is 4.10. The molecule has 0 unspecified atom stereocenters. The van der Waals surface area contributed by atoms with Crippen LogP contribution in [-0.2, 0) is 0 Å². The van der Waals surface area contributed by atoms with Gasteiger partial charge in [-0.2, -0.15) is 0 Å². The van der Waals surface area contributed by atoms with Crippen molar-refractivity contribution in [3.63, 3.8) is 0 Å². The quantitative estimate of drug-likeness (QED) is 0.442. The molecule has 0 N–H and O–H groups in total. The van der Waals surface area contributed by atoms with E-state index in [-0.39, 0.29) is 0 Å². The average Bonchev–Trinajstić information content (AvgIpc) is 2.71. The Labute approximate surface area is 77.9 Å². The number of allylic oxidation sites excluding steroid dienone is 3. The molecule has 1 aromatic carbocycles. The Bertz CT molecular complexity index is 444. The molecule has 0 aliphatic heterocycles. The molecular formula is C13H8. The zero-order valence-corrected chi connectivity index (χ0v) is 7.12. The Morgan fingerprint density at radius 3 is 2.46 bits per heavy atom. The highest BCUT2D eigenvalue weighted by molar-refractivity contribution is 5.76. The Balaban J connectivity index is 2.40. The molecule has 0 nitrogen and oxygen atoms in total. The second-order valence-corrected chi connectivity index (χ2v) is 2.81. The van der Waals surface area contributed by atoms with Crippen LogP contribution in [0.25, 0.3) is 5.57 Å². The van der Waals surface area contributed by atoms with Crippen LogP contribution < -0.4 is 0 Å². The molecular weight excluding hydrogens is 156 g/mol. The molecule has 13 heavy (non-hydrogen) atoms. The van der Waals surface area contributed by atoms with Gasteiger partial charge in [0, 0.05) is 11.1 Å². The van der Waals surface area contributed by atoms with E-state index in [0.29, 0.717) is 0 Å². The lowest BCUT2D eigenvalue weighted by Crippen LogP contribution is -1.79. The smallest absolute Gasteiger partial charge is 0.0243 e. The second-order valence-electron chi connectivity index (χ2n) is 2.81. The SMILES string of the molecule is C#Cc1ccc(C2=C=CC=C2)cc1. The summed E-state index contributed by atoms with van der Waals surface area (Å²) in [5, 5.41) is 0. The molecule has 0 radical (unpaired) electrons. The summed E-state index contributed by atoms with van der Waals surface area (Å²) in [5.74, 6) is 2.59. The minimum absolute atomic E-state index is 0.912. The molecule has 1 aromatic rings. The Kier molecular flexibility index (Phi) is 1.88. The van der Waals surface area contributed by atoms with Crippen LogP contribution in [0.5, 0.6) is 0 Å². The lowest BCUT2D eigenvalue weighted by molar-refractivity contribution is 1.59. The summed E-state index contributed by atoms with van der Waals surface area (Å²) in [6, 6.07) is 7.91. The summed E-state index contributed by atoms with van der Waals surface area (Å²) in [6.45, 7) is 0. The summed E-state index contributed by atoms with van der Waals surface area (Å²) in [5.41, 5.74) is 6.32. The standard InChI is InChI=1S/C13H8/c1-2-11-7-9-13(10-8-11)12-5-3-4-6-12/h1,3-5,7-10H. The van der Waals surface area contributed by atoms with E-state index in [1.54, 1.807) is 0 Å². The molecule has 2 rings (SSSR count). The van der Waals surface area contributed by atoms with Crippen LogP contribution in [0.2, 0.25) is 0 Å². The fourth-order valence-corrected chi connectivity index (χ4v) is 1.26. The first-order chi connectivity index (χ1) is 6.40. The van der Waals surface area contributed by atoms with Crippen LogP contribution in [0.3, 0.4) is 0 Å². The average molecular weight is 164 g/mol. The van der Waals surface area contributed by atoms with Gasteiger partial charge in [0.05, 0.1) is 0 Å². The van der Waals surface area contributed by atoms with Gasteiger partial charge in [0.25, 0.3) is 0 Å². The monoisotopic (exact) mass is 164 g/mol. The fraction of sp³-hybridized carbons (Fsp3) is 0. The maximum atomic E-state index is 5.26. The van der Waals surface area contributed by atoms with Gasteiger partial charge in [-0.25, -0.2) is 0 Å². The first-order valence-corrected chi connectivity index (χ1v) is 4.10. The fourth-order valence-electron chi connectivity index (χ4n) is 1.26. The third-order valence-electron chi connectivity index (χ3n) is 1.96. The predicted octanol–water partition coefficient (Wildman–Crippen LogP) is 2.78. The van der Waals surface area contributed by atoms with Gasteiger partial charge in [0.15, 0.2) is 0 Å². The Morgan fingerprint density at radius 1 is 1.15 bits per heavy atom. The van der Waals surface area contributed by atoms with E-state index in [0.717, 1.165) is 16.7 Å². The van der Waals surface area contributed by atoms with Gasteiger partial charge in [-0.3, -0.25) is 0 Å². The van der Waals surface area contributed by atoms with Crippen molar-refractivity contribution in [3.05, 3.63) is 59.4 Å². The maximum absolute atomic E-state index is 5.26. The van der Waals surface area contributed by atoms with Crippen LogP contribution in [0, 0.1) is 12.3 Å². The normalized spacial score (nSPS) is 12.7. The summed E-state index contributed by atoms with van der Waals surface area (Å²) >= 11 is 0. The molecule has 0 spiro atoms. The largest absolute Gasteiger partial charge is 0.115 e. The van der Waals surface area contributed by atoms with Crippen molar-refractivity contribution in [2.45, 2.75) is 0 Å². The third kappa shape index (κ3) is 1.47. The van der Waals surface area contributed by atoms with Crippen LogP contribution in [0.1, 0.15) is 11.1 Å². The zero-order valence-electron chi connectivity index (χ0n) is 7.12. The van der Waals surface area contributed by atoms with Gasteiger partial charge in [-0.05, 0) is 29.8 Å². The second kappa shape index (κ2) is 3.19. The first kappa shape index (κ1) is 7.68. The molecule has 0 saturated heterocycles. The topological polar surface area (TPSA) is 0 Å². The van der Waals surface area contributed by atoms with Gasteiger partial charge < -0.3 is 0 Å².